The molecule has 2 unspecified atom stereocenters. The Hall–Kier alpha value is -1.69. The second-order valence-corrected chi connectivity index (χ2v) is 8.89. The molecule has 0 radical (unpaired) electrons. The molecule has 1 spiro atoms. The summed E-state index contributed by atoms with van der Waals surface area (Å²) in [6.45, 7) is 4.49. The molecule has 2 aliphatic heterocycles. The van der Waals surface area contributed by atoms with Crippen LogP contribution in [0.2, 0.25) is 0 Å². The third-order valence-electron chi connectivity index (χ3n) is 7.09. The zero-order valence-electron chi connectivity index (χ0n) is 15.9. The number of aromatic nitrogens is 2. The molecule has 1 N–H and O–H groups in total. The lowest BCUT2D eigenvalue weighted by Crippen LogP contribution is -2.42. The van der Waals surface area contributed by atoms with Crippen molar-refractivity contribution in [3.05, 3.63) is 11.8 Å². The number of hydrogen-bond acceptors (Lipinski definition) is 5. The van der Waals surface area contributed by atoms with Crippen molar-refractivity contribution in [2.45, 2.75) is 69.4 Å². The van der Waals surface area contributed by atoms with Crippen LogP contribution in [0.25, 0.3) is 0 Å². The molecule has 2 aliphatic carbocycles. The summed E-state index contributed by atoms with van der Waals surface area (Å²) >= 11 is 0. The fourth-order valence-corrected chi connectivity index (χ4v) is 5.17. The van der Waals surface area contributed by atoms with Crippen molar-refractivity contribution in [1.82, 2.24) is 14.9 Å². The molecule has 3 fully saturated rings. The lowest BCUT2D eigenvalue weighted by molar-refractivity contribution is -0.120. The second kappa shape index (κ2) is 5.91. The molecule has 0 aromatic carbocycles. The number of rotatable bonds is 3. The molecular weight excluding hydrogens is 326 g/mol. The van der Waals surface area contributed by atoms with Crippen LogP contribution in [0.4, 0.5) is 11.8 Å². The Kier molecular flexibility index (Phi) is 3.75. The number of amides is 1. The number of fused-ring (bicyclic) bond motifs is 2. The van der Waals surface area contributed by atoms with Crippen molar-refractivity contribution in [3.63, 3.8) is 0 Å². The van der Waals surface area contributed by atoms with E-state index in [1.54, 1.807) is 0 Å². The van der Waals surface area contributed by atoms with Crippen molar-refractivity contribution >= 4 is 17.7 Å². The lowest BCUT2D eigenvalue weighted by Gasteiger charge is -2.30. The number of nitrogens with one attached hydrogen (secondary N) is 1. The van der Waals surface area contributed by atoms with Crippen LogP contribution in [0.3, 0.4) is 0 Å². The molecule has 6 nitrogen and oxygen atoms in total. The molecule has 1 aromatic rings. The predicted octanol–water partition coefficient (Wildman–Crippen LogP) is 2.55. The highest BCUT2D eigenvalue weighted by molar-refractivity contribution is 6.09. The summed E-state index contributed by atoms with van der Waals surface area (Å²) in [7, 11) is 2.17. The third-order valence-corrected chi connectivity index (χ3v) is 7.09. The number of carbonyl (C=O) groups excluding carboxylic acids is 1. The lowest BCUT2D eigenvalue weighted by atomic mass is 10.0. The Morgan fingerprint density at radius 1 is 1.19 bits per heavy atom. The molecule has 2 saturated carbocycles. The number of hydrogen-bond donors (Lipinski definition) is 1. The molecular formula is C20H29N5O. The van der Waals surface area contributed by atoms with Crippen molar-refractivity contribution in [2.75, 3.05) is 30.4 Å². The van der Waals surface area contributed by atoms with Crippen molar-refractivity contribution in [1.29, 1.82) is 0 Å². The van der Waals surface area contributed by atoms with Gasteiger partial charge in [-0.15, -0.1) is 0 Å². The van der Waals surface area contributed by atoms with E-state index in [9.17, 15) is 4.79 Å². The zero-order chi connectivity index (χ0) is 17.9. The monoisotopic (exact) mass is 355 g/mol. The van der Waals surface area contributed by atoms with Crippen LogP contribution in [0.5, 0.6) is 0 Å². The summed E-state index contributed by atoms with van der Waals surface area (Å²) in [5.41, 5.74) is 0.791. The molecule has 6 heteroatoms. The first-order valence-corrected chi connectivity index (χ1v) is 10.2. The van der Waals surface area contributed by atoms with E-state index in [1.165, 1.54) is 12.8 Å². The van der Waals surface area contributed by atoms with Crippen molar-refractivity contribution in [3.8, 4) is 0 Å². The van der Waals surface area contributed by atoms with Crippen LogP contribution in [0.15, 0.2) is 6.20 Å². The summed E-state index contributed by atoms with van der Waals surface area (Å²) in [6, 6.07) is 0.738. The summed E-state index contributed by atoms with van der Waals surface area (Å²) in [5.74, 6) is 2.44. The highest BCUT2D eigenvalue weighted by Gasteiger charge is 2.61. The quantitative estimate of drug-likeness (QED) is 0.903. The maximum absolute atomic E-state index is 13.2. The molecule has 5 rings (SSSR count). The van der Waals surface area contributed by atoms with E-state index in [0.29, 0.717) is 23.9 Å². The van der Waals surface area contributed by atoms with E-state index < -0.39 is 0 Å². The number of carbonyl (C=O) groups is 1. The van der Waals surface area contributed by atoms with Crippen LogP contribution < -0.4 is 10.2 Å². The maximum atomic E-state index is 13.2. The Balaban J connectivity index is 1.44. The van der Waals surface area contributed by atoms with E-state index >= 15 is 0 Å². The topological polar surface area (TPSA) is 61.4 Å². The molecule has 26 heavy (non-hydrogen) atoms. The van der Waals surface area contributed by atoms with Crippen LogP contribution in [-0.2, 0) is 10.2 Å². The Morgan fingerprint density at radius 2 is 1.96 bits per heavy atom. The molecule has 3 heterocycles. The highest BCUT2D eigenvalue weighted by Crippen LogP contribution is 2.58. The predicted molar refractivity (Wildman–Crippen MR) is 101 cm³/mol. The summed E-state index contributed by atoms with van der Waals surface area (Å²) < 4.78 is 0. The number of piperidine rings is 1. The number of anilines is 2. The molecule has 1 saturated heterocycles. The first-order chi connectivity index (χ1) is 12.6. The zero-order valence-corrected chi connectivity index (χ0v) is 15.9. The molecule has 2 atom stereocenters. The van der Waals surface area contributed by atoms with Gasteiger partial charge in [-0.05, 0) is 64.6 Å². The fourth-order valence-electron chi connectivity index (χ4n) is 5.17. The molecule has 4 aliphatic rings. The van der Waals surface area contributed by atoms with Crippen LogP contribution >= 0.6 is 0 Å². The highest BCUT2D eigenvalue weighted by atomic mass is 16.2. The molecule has 1 aromatic heterocycles. The van der Waals surface area contributed by atoms with Gasteiger partial charge in [0.2, 0.25) is 11.9 Å². The van der Waals surface area contributed by atoms with E-state index in [4.69, 9.17) is 4.98 Å². The van der Waals surface area contributed by atoms with Gasteiger partial charge in [0.1, 0.15) is 5.82 Å². The standard InChI is InChI=1S/C20H29N5O/c1-13-4-3-5-16(13)25-17-15(20(8-9-20)18(25)26)12-21-19(23-17)22-14-6-10-24(2)11-7-14/h12-14,16H,3-11H2,1-2H3,(H,21,22,23). The van der Waals surface area contributed by atoms with Gasteiger partial charge in [0.15, 0.2) is 0 Å². The normalized spacial score (nSPS) is 30.8. The summed E-state index contributed by atoms with van der Waals surface area (Å²) in [6.07, 6.45) is 9.61. The number of nitrogens with zero attached hydrogens (tertiary/aromatic N) is 4. The van der Waals surface area contributed by atoms with Gasteiger partial charge in [0.25, 0.3) is 0 Å². The van der Waals surface area contributed by atoms with Gasteiger partial charge in [-0.2, -0.15) is 4.98 Å². The minimum atomic E-state index is -0.288. The average molecular weight is 355 g/mol. The molecule has 140 valence electrons. The molecule has 1 amide bonds. The number of likely N-dealkylation sites (tertiary alicyclic amines) is 1. The van der Waals surface area contributed by atoms with E-state index in [2.05, 4.69) is 34.1 Å². The van der Waals surface area contributed by atoms with Gasteiger partial charge >= 0.3 is 0 Å². The van der Waals surface area contributed by atoms with E-state index in [1.807, 2.05) is 6.20 Å². The van der Waals surface area contributed by atoms with Gasteiger partial charge in [-0.3, -0.25) is 9.69 Å². The Labute approximate surface area is 155 Å². The maximum Gasteiger partial charge on any atom is 0.239 e. The smallest absolute Gasteiger partial charge is 0.239 e. The Bertz CT molecular complexity index is 723. The van der Waals surface area contributed by atoms with Gasteiger partial charge in [0.05, 0.1) is 5.41 Å². The second-order valence-electron chi connectivity index (χ2n) is 8.89. The minimum Gasteiger partial charge on any atom is -0.351 e. The van der Waals surface area contributed by atoms with E-state index in [-0.39, 0.29) is 11.3 Å². The van der Waals surface area contributed by atoms with Gasteiger partial charge in [-0.1, -0.05) is 13.3 Å². The largest absolute Gasteiger partial charge is 0.351 e. The van der Waals surface area contributed by atoms with E-state index in [0.717, 1.165) is 56.6 Å². The van der Waals surface area contributed by atoms with Crippen molar-refractivity contribution < 1.29 is 4.79 Å². The first kappa shape index (κ1) is 16.5. The van der Waals surface area contributed by atoms with Gasteiger partial charge in [-0.25, -0.2) is 4.98 Å². The van der Waals surface area contributed by atoms with Crippen LogP contribution in [-0.4, -0.2) is 53.0 Å². The fraction of sp³-hybridized carbons (Fsp3) is 0.750. The summed E-state index contributed by atoms with van der Waals surface area (Å²) in [4.78, 5) is 27.1. The SMILES string of the molecule is CC1CCCC1N1C(=O)C2(CC2)c2cnc(NC3CCN(C)CC3)nc21. The molecule has 0 bridgehead atoms. The third kappa shape index (κ3) is 2.45. The average Bonchev–Trinajstić information content (AvgIpc) is 3.28. The Morgan fingerprint density at radius 3 is 2.62 bits per heavy atom. The van der Waals surface area contributed by atoms with Gasteiger partial charge in [0, 0.05) is 23.8 Å². The van der Waals surface area contributed by atoms with Crippen LogP contribution in [0.1, 0.15) is 57.4 Å². The first-order valence-electron chi connectivity index (χ1n) is 10.2. The minimum absolute atomic E-state index is 0.288. The van der Waals surface area contributed by atoms with Crippen molar-refractivity contribution in [2.24, 2.45) is 5.92 Å². The summed E-state index contributed by atoms with van der Waals surface area (Å²) in [5, 5.41) is 3.53. The van der Waals surface area contributed by atoms with Gasteiger partial charge < -0.3 is 10.2 Å². The van der Waals surface area contributed by atoms with Crippen LogP contribution in [0, 0.1) is 5.92 Å².